The topological polar surface area (TPSA) is 18.5 Å². The van der Waals surface area contributed by atoms with Gasteiger partial charge < -0.3 is 9.47 Å². The molecule has 2 aliphatic rings. The van der Waals surface area contributed by atoms with Gasteiger partial charge in [0.15, 0.2) is 0 Å². The van der Waals surface area contributed by atoms with E-state index in [2.05, 4.69) is 0 Å². The minimum Gasteiger partial charge on any atom is -0.375 e. The molecule has 0 aromatic carbocycles. The fourth-order valence-electron chi connectivity index (χ4n) is 1.62. The lowest BCUT2D eigenvalue weighted by Crippen LogP contribution is -2.16. The van der Waals surface area contributed by atoms with Gasteiger partial charge in [-0.05, 0) is 19.3 Å². The fourth-order valence-corrected chi connectivity index (χ4v) is 1.62. The van der Waals surface area contributed by atoms with E-state index in [9.17, 15) is 0 Å². The zero-order valence-corrected chi connectivity index (χ0v) is 6.08. The first-order valence-electron chi connectivity index (χ1n) is 4.04. The highest BCUT2D eigenvalue weighted by molar-refractivity contribution is 4.78. The maximum absolute atomic E-state index is 5.69. The quantitative estimate of drug-likeness (QED) is 0.509. The molecule has 2 unspecified atom stereocenters. The van der Waals surface area contributed by atoms with E-state index in [1.165, 1.54) is 12.8 Å². The summed E-state index contributed by atoms with van der Waals surface area (Å²) < 4.78 is 10.9. The van der Waals surface area contributed by atoms with Gasteiger partial charge in [0.25, 0.3) is 0 Å². The van der Waals surface area contributed by atoms with Crippen molar-refractivity contribution < 1.29 is 9.47 Å². The van der Waals surface area contributed by atoms with Crippen LogP contribution in [-0.2, 0) is 9.47 Å². The SMILES string of the molecule is [CH]1CC2CCC(CCO1)O2. The van der Waals surface area contributed by atoms with Crippen LogP contribution in [0.2, 0.25) is 0 Å². The first kappa shape index (κ1) is 6.62. The summed E-state index contributed by atoms with van der Waals surface area (Å²) >= 11 is 0. The minimum atomic E-state index is 0.463. The van der Waals surface area contributed by atoms with Crippen LogP contribution in [0.15, 0.2) is 0 Å². The largest absolute Gasteiger partial charge is 0.375 e. The molecule has 2 saturated heterocycles. The molecule has 2 atom stereocenters. The molecule has 0 aromatic heterocycles. The van der Waals surface area contributed by atoms with Crippen LogP contribution < -0.4 is 0 Å². The van der Waals surface area contributed by atoms with E-state index in [1.807, 2.05) is 6.61 Å². The lowest BCUT2D eigenvalue weighted by molar-refractivity contribution is -0.00284. The third-order valence-corrected chi connectivity index (χ3v) is 2.23. The molecule has 2 bridgehead atoms. The maximum atomic E-state index is 5.69. The van der Waals surface area contributed by atoms with Gasteiger partial charge in [-0.1, -0.05) is 0 Å². The standard InChI is InChI=1S/C8H13O2/c1-2-8-4-6-9-5-3-7(1)10-8/h5,7-8H,1-4,6H2. The number of ether oxygens (including phenoxy) is 2. The molecule has 0 aliphatic carbocycles. The van der Waals surface area contributed by atoms with Crippen molar-refractivity contribution >= 4 is 0 Å². The minimum absolute atomic E-state index is 0.463. The molecule has 2 nitrogen and oxygen atoms in total. The fraction of sp³-hybridized carbons (Fsp3) is 0.875. The van der Waals surface area contributed by atoms with Gasteiger partial charge in [0.1, 0.15) is 0 Å². The lowest BCUT2D eigenvalue weighted by atomic mass is 10.1. The average molecular weight is 141 g/mol. The molecule has 0 saturated carbocycles. The number of hydrogen-bond donors (Lipinski definition) is 0. The van der Waals surface area contributed by atoms with Gasteiger partial charge >= 0.3 is 0 Å². The van der Waals surface area contributed by atoms with Crippen molar-refractivity contribution in [1.82, 2.24) is 0 Å². The molecule has 2 aliphatic heterocycles. The van der Waals surface area contributed by atoms with E-state index < -0.39 is 0 Å². The Bertz CT molecular complexity index is 102. The number of rotatable bonds is 0. The van der Waals surface area contributed by atoms with Gasteiger partial charge in [-0.25, -0.2) is 0 Å². The van der Waals surface area contributed by atoms with Crippen LogP contribution in [0.4, 0.5) is 0 Å². The van der Waals surface area contributed by atoms with Crippen molar-refractivity contribution in [2.75, 3.05) is 6.61 Å². The van der Waals surface area contributed by atoms with E-state index >= 15 is 0 Å². The summed E-state index contributed by atoms with van der Waals surface area (Å²) in [4.78, 5) is 0. The van der Waals surface area contributed by atoms with Crippen LogP contribution in [0, 0.1) is 6.61 Å². The number of hydrogen-bond acceptors (Lipinski definition) is 2. The Morgan fingerprint density at radius 2 is 2.00 bits per heavy atom. The molecule has 0 aromatic rings. The Hall–Kier alpha value is -0.0800. The summed E-state index contributed by atoms with van der Waals surface area (Å²) in [5, 5.41) is 0. The monoisotopic (exact) mass is 141 g/mol. The lowest BCUT2D eigenvalue weighted by Gasteiger charge is -2.16. The van der Waals surface area contributed by atoms with Gasteiger partial charge in [0.2, 0.25) is 0 Å². The van der Waals surface area contributed by atoms with Crippen molar-refractivity contribution in [2.45, 2.75) is 37.9 Å². The molecule has 57 valence electrons. The Labute approximate surface area is 61.5 Å². The summed E-state index contributed by atoms with van der Waals surface area (Å²) in [5.74, 6) is 0. The van der Waals surface area contributed by atoms with Crippen LogP contribution in [0.25, 0.3) is 0 Å². The van der Waals surface area contributed by atoms with Crippen molar-refractivity contribution in [3.8, 4) is 0 Å². The van der Waals surface area contributed by atoms with Gasteiger partial charge in [-0.3, -0.25) is 0 Å². The summed E-state index contributed by atoms with van der Waals surface area (Å²) in [6.07, 6.45) is 5.49. The predicted molar refractivity (Wildman–Crippen MR) is 37.4 cm³/mol. The van der Waals surface area contributed by atoms with Gasteiger partial charge in [0, 0.05) is 13.0 Å². The molecule has 2 rings (SSSR count). The van der Waals surface area contributed by atoms with Crippen molar-refractivity contribution in [3.05, 3.63) is 6.61 Å². The molecule has 0 spiro atoms. The summed E-state index contributed by atoms with van der Waals surface area (Å²) in [6, 6.07) is 0. The first-order chi connectivity index (χ1) is 4.95. The molecule has 2 heteroatoms. The second-order valence-electron chi connectivity index (χ2n) is 3.02. The van der Waals surface area contributed by atoms with Crippen LogP contribution in [0.5, 0.6) is 0 Å². The molecule has 2 heterocycles. The molecule has 2 fully saturated rings. The Kier molecular flexibility index (Phi) is 1.91. The normalized spacial score (nSPS) is 40.8. The molecule has 0 amide bonds. The van der Waals surface area contributed by atoms with Crippen LogP contribution in [0.1, 0.15) is 25.7 Å². The highest BCUT2D eigenvalue weighted by atomic mass is 16.5. The van der Waals surface area contributed by atoms with E-state index in [0.29, 0.717) is 12.2 Å². The predicted octanol–water partition coefficient (Wildman–Crippen LogP) is 1.51. The van der Waals surface area contributed by atoms with E-state index in [-0.39, 0.29) is 0 Å². The van der Waals surface area contributed by atoms with E-state index in [0.717, 1.165) is 19.4 Å². The van der Waals surface area contributed by atoms with E-state index in [4.69, 9.17) is 9.47 Å². The Morgan fingerprint density at radius 1 is 1.10 bits per heavy atom. The van der Waals surface area contributed by atoms with Crippen LogP contribution in [0.3, 0.4) is 0 Å². The van der Waals surface area contributed by atoms with Gasteiger partial charge in [-0.15, -0.1) is 0 Å². The second kappa shape index (κ2) is 2.89. The molecular weight excluding hydrogens is 128 g/mol. The second-order valence-corrected chi connectivity index (χ2v) is 3.02. The smallest absolute Gasteiger partial charge is 0.0862 e. The zero-order valence-electron chi connectivity index (χ0n) is 6.08. The van der Waals surface area contributed by atoms with Gasteiger partial charge in [-0.2, -0.15) is 0 Å². The van der Waals surface area contributed by atoms with Crippen LogP contribution in [-0.4, -0.2) is 18.8 Å². The third kappa shape index (κ3) is 1.32. The zero-order chi connectivity index (χ0) is 6.81. The van der Waals surface area contributed by atoms with Crippen molar-refractivity contribution in [1.29, 1.82) is 0 Å². The van der Waals surface area contributed by atoms with Crippen LogP contribution >= 0.6 is 0 Å². The Balaban J connectivity index is 1.91. The maximum Gasteiger partial charge on any atom is 0.0862 e. The molecule has 1 radical (unpaired) electrons. The highest BCUT2D eigenvalue weighted by Gasteiger charge is 2.26. The van der Waals surface area contributed by atoms with Gasteiger partial charge in [0.05, 0.1) is 18.8 Å². The average Bonchev–Trinajstić information content (AvgIpc) is 2.30. The highest BCUT2D eigenvalue weighted by Crippen LogP contribution is 2.26. The molecule has 10 heavy (non-hydrogen) atoms. The Morgan fingerprint density at radius 3 is 3.00 bits per heavy atom. The van der Waals surface area contributed by atoms with Crippen molar-refractivity contribution in [2.24, 2.45) is 0 Å². The molecular formula is C8H13O2. The first-order valence-corrected chi connectivity index (χ1v) is 4.04. The van der Waals surface area contributed by atoms with Crippen molar-refractivity contribution in [3.63, 3.8) is 0 Å². The summed E-state index contributed by atoms with van der Waals surface area (Å²) in [6.45, 7) is 2.74. The van der Waals surface area contributed by atoms with E-state index in [1.54, 1.807) is 0 Å². The molecule has 0 N–H and O–H groups in total. The third-order valence-electron chi connectivity index (χ3n) is 2.23. The summed E-state index contributed by atoms with van der Waals surface area (Å²) in [5.41, 5.74) is 0. The number of fused-ring (bicyclic) bond motifs is 2. The summed E-state index contributed by atoms with van der Waals surface area (Å²) in [7, 11) is 0.